The Morgan fingerprint density at radius 2 is 1.57 bits per heavy atom. The van der Waals surface area contributed by atoms with Crippen molar-refractivity contribution in [2.24, 2.45) is 0 Å². The normalized spacial score (nSPS) is 21.3. The zero-order valence-electron chi connectivity index (χ0n) is 15.2. The van der Waals surface area contributed by atoms with Crippen LogP contribution in [0.1, 0.15) is 11.1 Å². The number of esters is 2. The maximum absolute atomic E-state index is 12.2. The van der Waals surface area contributed by atoms with Crippen molar-refractivity contribution in [3.63, 3.8) is 0 Å². The average Bonchev–Trinajstić information content (AvgIpc) is 3.02. The van der Waals surface area contributed by atoms with Crippen molar-refractivity contribution in [3.8, 4) is 0 Å². The van der Waals surface area contributed by atoms with E-state index in [1.165, 1.54) is 0 Å². The van der Waals surface area contributed by atoms with Crippen LogP contribution in [-0.2, 0) is 41.8 Å². The first-order valence-corrected chi connectivity index (χ1v) is 10.0. The fraction of sp³-hybridized carbons (Fsp3) is 0.333. The molecule has 0 amide bonds. The maximum atomic E-state index is 12.2. The molecule has 0 unspecified atom stereocenters. The number of ether oxygens (including phenoxy) is 4. The van der Waals surface area contributed by atoms with Gasteiger partial charge in [0.05, 0.1) is 19.8 Å². The van der Waals surface area contributed by atoms with Crippen molar-refractivity contribution in [2.75, 3.05) is 11.9 Å². The number of hydrogen-bond donors (Lipinski definition) is 0. The first kappa shape index (κ1) is 20.5. The summed E-state index contributed by atoms with van der Waals surface area (Å²) in [6, 6.07) is 19.2. The molecule has 0 bridgehead atoms. The highest BCUT2D eigenvalue weighted by atomic mass is 79.9. The zero-order valence-corrected chi connectivity index (χ0v) is 16.7. The summed E-state index contributed by atoms with van der Waals surface area (Å²) < 4.78 is 22.2. The molecule has 6 nitrogen and oxygen atoms in total. The lowest BCUT2D eigenvalue weighted by molar-refractivity contribution is -0.162. The smallest absolute Gasteiger partial charge is 0.350 e. The Morgan fingerprint density at radius 3 is 2.18 bits per heavy atom. The molecule has 2 aromatic carbocycles. The van der Waals surface area contributed by atoms with E-state index in [1.807, 2.05) is 60.7 Å². The first-order chi connectivity index (χ1) is 13.7. The second-order valence-electron chi connectivity index (χ2n) is 6.28. The average molecular weight is 449 g/mol. The molecule has 148 valence electrons. The lowest BCUT2D eigenvalue weighted by atomic mass is 10.1. The molecule has 1 aliphatic heterocycles. The lowest BCUT2D eigenvalue weighted by Gasteiger charge is -2.21. The Kier molecular flexibility index (Phi) is 7.59. The van der Waals surface area contributed by atoms with Crippen molar-refractivity contribution in [1.82, 2.24) is 0 Å². The molecule has 28 heavy (non-hydrogen) atoms. The van der Waals surface area contributed by atoms with Gasteiger partial charge in [0, 0.05) is 0 Å². The topological polar surface area (TPSA) is 71.1 Å². The SMILES string of the molecule is O=C(CBr)O[C@@H]1C(=O)O[C@@H](COCc2ccccc2)[C@H]1OCc1ccccc1. The summed E-state index contributed by atoms with van der Waals surface area (Å²) in [5.41, 5.74) is 1.95. The Balaban J connectivity index is 1.63. The van der Waals surface area contributed by atoms with Gasteiger partial charge < -0.3 is 18.9 Å². The van der Waals surface area contributed by atoms with Crippen LogP contribution >= 0.6 is 15.9 Å². The van der Waals surface area contributed by atoms with Crippen LogP contribution in [0.25, 0.3) is 0 Å². The van der Waals surface area contributed by atoms with Crippen LogP contribution in [0.5, 0.6) is 0 Å². The minimum atomic E-state index is -1.11. The van der Waals surface area contributed by atoms with Crippen molar-refractivity contribution in [1.29, 1.82) is 0 Å². The molecule has 3 rings (SSSR count). The number of halogens is 1. The molecular weight excluding hydrogens is 428 g/mol. The van der Waals surface area contributed by atoms with Gasteiger partial charge in [-0.1, -0.05) is 76.6 Å². The van der Waals surface area contributed by atoms with Gasteiger partial charge in [0.25, 0.3) is 0 Å². The maximum Gasteiger partial charge on any atom is 0.350 e. The van der Waals surface area contributed by atoms with Gasteiger partial charge in [0.2, 0.25) is 6.10 Å². The van der Waals surface area contributed by atoms with Gasteiger partial charge in [-0.05, 0) is 11.1 Å². The fourth-order valence-electron chi connectivity index (χ4n) is 2.86. The number of cyclic esters (lactones) is 1. The van der Waals surface area contributed by atoms with Gasteiger partial charge in [0.1, 0.15) is 11.4 Å². The van der Waals surface area contributed by atoms with Crippen molar-refractivity contribution in [3.05, 3.63) is 71.8 Å². The quantitative estimate of drug-likeness (QED) is 0.433. The highest BCUT2D eigenvalue weighted by molar-refractivity contribution is 9.09. The standard InChI is InChI=1S/C21H21BrO6/c22-11-18(23)28-20-19(26-13-16-9-5-2-6-10-16)17(27-21(20)24)14-25-12-15-7-3-1-4-8-15/h1-10,17,19-20H,11-14H2/t17-,19+,20-/m0/s1. The summed E-state index contributed by atoms with van der Waals surface area (Å²) in [4.78, 5) is 23.9. The summed E-state index contributed by atoms with van der Waals surface area (Å²) in [6.45, 7) is 0.786. The van der Waals surface area contributed by atoms with E-state index in [0.29, 0.717) is 6.61 Å². The Labute approximate surface area is 171 Å². The number of carbonyl (C=O) groups is 2. The van der Waals surface area contributed by atoms with Crippen LogP contribution in [0.4, 0.5) is 0 Å². The largest absolute Gasteiger partial charge is 0.454 e. The molecule has 1 heterocycles. The van der Waals surface area contributed by atoms with Crippen molar-refractivity contribution >= 4 is 27.9 Å². The molecule has 0 N–H and O–H groups in total. The second kappa shape index (κ2) is 10.4. The summed E-state index contributed by atoms with van der Waals surface area (Å²) >= 11 is 3.03. The van der Waals surface area contributed by atoms with E-state index in [0.717, 1.165) is 11.1 Å². The van der Waals surface area contributed by atoms with Gasteiger partial charge in [-0.25, -0.2) is 4.79 Å². The Bertz CT molecular complexity index is 767. The molecule has 0 radical (unpaired) electrons. The Morgan fingerprint density at radius 1 is 0.964 bits per heavy atom. The highest BCUT2D eigenvalue weighted by Gasteiger charge is 2.48. The van der Waals surface area contributed by atoms with E-state index in [9.17, 15) is 9.59 Å². The predicted molar refractivity (Wildman–Crippen MR) is 105 cm³/mol. The van der Waals surface area contributed by atoms with E-state index in [1.54, 1.807) is 0 Å². The van der Waals surface area contributed by atoms with Crippen LogP contribution in [0.15, 0.2) is 60.7 Å². The molecule has 1 fully saturated rings. The summed E-state index contributed by atoms with van der Waals surface area (Å²) in [7, 11) is 0. The van der Waals surface area contributed by atoms with E-state index in [-0.39, 0.29) is 18.5 Å². The minimum absolute atomic E-state index is 0.0165. The monoisotopic (exact) mass is 448 g/mol. The van der Waals surface area contributed by atoms with Gasteiger partial charge in [-0.15, -0.1) is 0 Å². The molecule has 0 aliphatic carbocycles. The van der Waals surface area contributed by atoms with E-state index < -0.39 is 30.3 Å². The van der Waals surface area contributed by atoms with E-state index >= 15 is 0 Å². The Hall–Kier alpha value is -2.22. The van der Waals surface area contributed by atoms with Crippen LogP contribution in [0.3, 0.4) is 0 Å². The third-order valence-electron chi connectivity index (χ3n) is 4.21. The van der Waals surface area contributed by atoms with E-state index in [4.69, 9.17) is 18.9 Å². The molecule has 1 aliphatic rings. The first-order valence-electron chi connectivity index (χ1n) is 8.90. The molecule has 1 saturated heterocycles. The van der Waals surface area contributed by atoms with Crippen molar-refractivity contribution in [2.45, 2.75) is 31.5 Å². The van der Waals surface area contributed by atoms with Gasteiger partial charge >= 0.3 is 11.9 Å². The fourth-order valence-corrected chi connectivity index (χ4v) is 2.99. The number of rotatable bonds is 9. The zero-order chi connectivity index (χ0) is 19.8. The number of hydrogen-bond acceptors (Lipinski definition) is 6. The molecule has 2 aromatic rings. The van der Waals surface area contributed by atoms with Crippen LogP contribution < -0.4 is 0 Å². The van der Waals surface area contributed by atoms with Crippen molar-refractivity contribution < 1.29 is 28.5 Å². The van der Waals surface area contributed by atoms with Crippen LogP contribution in [-0.4, -0.2) is 42.2 Å². The predicted octanol–water partition coefficient (Wildman–Crippen LogP) is 3.02. The van der Waals surface area contributed by atoms with E-state index in [2.05, 4.69) is 15.9 Å². The summed E-state index contributed by atoms with van der Waals surface area (Å²) in [5, 5.41) is -0.0165. The van der Waals surface area contributed by atoms with Crippen LogP contribution in [0, 0.1) is 0 Å². The number of alkyl halides is 1. The third kappa shape index (κ3) is 5.64. The van der Waals surface area contributed by atoms with Gasteiger partial charge in [0.15, 0.2) is 6.10 Å². The minimum Gasteiger partial charge on any atom is -0.454 e. The highest BCUT2D eigenvalue weighted by Crippen LogP contribution is 2.24. The summed E-state index contributed by atoms with van der Waals surface area (Å²) in [5.74, 6) is -1.18. The molecular formula is C21H21BrO6. The summed E-state index contributed by atoms with van der Waals surface area (Å²) in [6.07, 6.45) is -2.52. The molecule has 0 saturated carbocycles. The second-order valence-corrected chi connectivity index (χ2v) is 6.84. The number of benzene rings is 2. The molecule has 0 aromatic heterocycles. The third-order valence-corrected chi connectivity index (χ3v) is 4.67. The van der Waals surface area contributed by atoms with Gasteiger partial charge in [-0.2, -0.15) is 0 Å². The molecule has 7 heteroatoms. The lowest BCUT2D eigenvalue weighted by Crippen LogP contribution is -2.39. The van der Waals surface area contributed by atoms with Gasteiger partial charge in [-0.3, -0.25) is 4.79 Å². The molecule has 3 atom stereocenters. The molecule has 0 spiro atoms. The number of carbonyl (C=O) groups excluding carboxylic acids is 2. The van der Waals surface area contributed by atoms with Crippen LogP contribution in [0.2, 0.25) is 0 Å².